The molecular formula is C12H21N5O. The first-order valence-corrected chi connectivity index (χ1v) is 6.30. The third-order valence-electron chi connectivity index (χ3n) is 3.24. The molecule has 100 valence electrons. The Labute approximate surface area is 107 Å². The molecule has 0 aromatic carbocycles. The van der Waals surface area contributed by atoms with Gasteiger partial charge in [0.15, 0.2) is 0 Å². The summed E-state index contributed by atoms with van der Waals surface area (Å²) in [5.41, 5.74) is 6.82. The van der Waals surface area contributed by atoms with Crippen molar-refractivity contribution in [3.8, 4) is 0 Å². The number of rotatable bonds is 3. The molecular weight excluding hydrogens is 230 g/mol. The van der Waals surface area contributed by atoms with Crippen LogP contribution in [0.4, 0.5) is 0 Å². The van der Waals surface area contributed by atoms with Gasteiger partial charge in [-0.05, 0) is 6.92 Å². The van der Waals surface area contributed by atoms with Gasteiger partial charge in [0.2, 0.25) is 5.91 Å². The topological polar surface area (TPSA) is 67.4 Å². The molecule has 0 bridgehead atoms. The van der Waals surface area contributed by atoms with Crippen LogP contribution in [0.2, 0.25) is 0 Å². The maximum Gasteiger partial charge on any atom is 0.239 e. The largest absolute Gasteiger partial charge is 0.339 e. The first-order valence-electron chi connectivity index (χ1n) is 6.30. The first kappa shape index (κ1) is 13.0. The predicted octanol–water partition coefficient (Wildman–Crippen LogP) is -0.588. The van der Waals surface area contributed by atoms with E-state index in [0.29, 0.717) is 0 Å². The highest BCUT2D eigenvalue weighted by Crippen LogP contribution is 2.08. The Morgan fingerprint density at radius 2 is 2.11 bits per heavy atom. The van der Waals surface area contributed by atoms with Crippen LogP contribution >= 0.6 is 0 Å². The number of aromatic nitrogens is 2. The molecule has 1 fully saturated rings. The molecule has 2 heterocycles. The van der Waals surface area contributed by atoms with Gasteiger partial charge in [-0.25, -0.2) is 0 Å². The van der Waals surface area contributed by atoms with Crippen LogP contribution in [0.5, 0.6) is 0 Å². The van der Waals surface area contributed by atoms with Gasteiger partial charge in [0.25, 0.3) is 0 Å². The van der Waals surface area contributed by atoms with Gasteiger partial charge >= 0.3 is 0 Å². The molecule has 0 aliphatic carbocycles. The number of hydrogen-bond donors (Lipinski definition) is 1. The third kappa shape index (κ3) is 3.08. The Bertz CT molecular complexity index is 406. The Kier molecular flexibility index (Phi) is 3.98. The van der Waals surface area contributed by atoms with Gasteiger partial charge in [-0.1, -0.05) is 0 Å². The Morgan fingerprint density at radius 1 is 1.44 bits per heavy atom. The van der Waals surface area contributed by atoms with Crippen molar-refractivity contribution in [3.05, 3.63) is 18.0 Å². The van der Waals surface area contributed by atoms with Crippen molar-refractivity contribution >= 4 is 5.91 Å². The van der Waals surface area contributed by atoms with E-state index in [-0.39, 0.29) is 5.91 Å². The molecule has 1 aromatic heterocycles. The van der Waals surface area contributed by atoms with Gasteiger partial charge < -0.3 is 10.6 Å². The van der Waals surface area contributed by atoms with Crippen molar-refractivity contribution in [2.24, 2.45) is 12.8 Å². The van der Waals surface area contributed by atoms with E-state index in [4.69, 9.17) is 5.73 Å². The fourth-order valence-electron chi connectivity index (χ4n) is 2.23. The minimum Gasteiger partial charge on any atom is -0.339 e. The zero-order valence-electron chi connectivity index (χ0n) is 11.0. The van der Waals surface area contributed by atoms with Crippen LogP contribution in [0.25, 0.3) is 0 Å². The highest BCUT2D eigenvalue weighted by Gasteiger charge is 2.23. The molecule has 18 heavy (non-hydrogen) atoms. The molecule has 0 radical (unpaired) electrons. The Balaban J connectivity index is 1.82. The summed E-state index contributed by atoms with van der Waals surface area (Å²) < 4.78 is 1.81. The number of nitrogens with zero attached hydrogens (tertiary/aromatic N) is 4. The lowest BCUT2D eigenvalue weighted by Gasteiger charge is -2.35. The number of amides is 1. The summed E-state index contributed by atoms with van der Waals surface area (Å²) in [6.45, 7) is 5.96. The Hall–Kier alpha value is -1.40. The van der Waals surface area contributed by atoms with Crippen molar-refractivity contribution in [3.63, 3.8) is 0 Å². The van der Waals surface area contributed by atoms with Crippen LogP contribution < -0.4 is 5.73 Å². The highest BCUT2D eigenvalue weighted by atomic mass is 16.2. The molecule has 1 aromatic rings. The van der Waals surface area contributed by atoms with Crippen LogP contribution in [-0.2, 0) is 18.4 Å². The van der Waals surface area contributed by atoms with Crippen molar-refractivity contribution in [2.45, 2.75) is 19.5 Å². The van der Waals surface area contributed by atoms with Crippen molar-refractivity contribution in [1.29, 1.82) is 0 Å². The summed E-state index contributed by atoms with van der Waals surface area (Å²) in [5.74, 6) is 0.0519. The maximum atomic E-state index is 11.7. The standard InChI is InChI=1S/C12H21N5O/c1-10(13)12(18)17-5-3-16(4-6-17)9-11-7-14-15(2)8-11/h7-8,10H,3-6,9,13H2,1-2H3/t10-/m1/s1. The number of aryl methyl sites for hydroxylation is 1. The minimum absolute atomic E-state index is 0.0519. The lowest BCUT2D eigenvalue weighted by Crippen LogP contribution is -2.52. The van der Waals surface area contributed by atoms with Crippen LogP contribution in [0.1, 0.15) is 12.5 Å². The molecule has 6 nitrogen and oxygen atoms in total. The van der Waals surface area contributed by atoms with E-state index in [2.05, 4.69) is 10.00 Å². The summed E-state index contributed by atoms with van der Waals surface area (Å²) >= 11 is 0. The monoisotopic (exact) mass is 251 g/mol. The van der Waals surface area contributed by atoms with E-state index >= 15 is 0 Å². The van der Waals surface area contributed by atoms with Crippen molar-refractivity contribution < 1.29 is 4.79 Å². The van der Waals surface area contributed by atoms with E-state index in [0.717, 1.165) is 32.7 Å². The molecule has 0 spiro atoms. The van der Waals surface area contributed by atoms with Crippen LogP contribution in [-0.4, -0.2) is 57.7 Å². The molecule has 2 rings (SSSR count). The quantitative estimate of drug-likeness (QED) is 0.780. The summed E-state index contributed by atoms with van der Waals surface area (Å²) in [6.07, 6.45) is 3.92. The summed E-state index contributed by atoms with van der Waals surface area (Å²) in [6, 6.07) is -0.394. The smallest absolute Gasteiger partial charge is 0.239 e. The SMILES string of the molecule is C[C@@H](N)C(=O)N1CCN(Cc2cnn(C)c2)CC1. The van der Waals surface area contributed by atoms with Crippen LogP contribution in [0.15, 0.2) is 12.4 Å². The van der Waals surface area contributed by atoms with Gasteiger partial charge in [-0.2, -0.15) is 5.10 Å². The summed E-state index contributed by atoms with van der Waals surface area (Å²) in [4.78, 5) is 15.9. The molecule has 1 atom stereocenters. The number of carbonyl (C=O) groups excluding carboxylic acids is 1. The molecule has 2 N–H and O–H groups in total. The average Bonchev–Trinajstić information content (AvgIpc) is 2.75. The van der Waals surface area contributed by atoms with E-state index in [1.807, 2.05) is 29.0 Å². The lowest BCUT2D eigenvalue weighted by molar-refractivity contribution is -0.134. The van der Waals surface area contributed by atoms with E-state index in [1.54, 1.807) is 6.92 Å². The third-order valence-corrected chi connectivity index (χ3v) is 3.24. The van der Waals surface area contributed by atoms with Crippen LogP contribution in [0.3, 0.4) is 0 Å². The fraction of sp³-hybridized carbons (Fsp3) is 0.667. The van der Waals surface area contributed by atoms with Gasteiger partial charge in [0.05, 0.1) is 12.2 Å². The molecule has 0 saturated carbocycles. The van der Waals surface area contributed by atoms with E-state index < -0.39 is 6.04 Å². The molecule has 1 saturated heterocycles. The number of carbonyl (C=O) groups is 1. The average molecular weight is 251 g/mol. The van der Waals surface area contributed by atoms with Gasteiger partial charge in [0, 0.05) is 51.5 Å². The number of nitrogens with two attached hydrogens (primary N) is 1. The Morgan fingerprint density at radius 3 is 2.61 bits per heavy atom. The summed E-state index contributed by atoms with van der Waals surface area (Å²) in [5, 5.41) is 4.16. The minimum atomic E-state index is -0.394. The number of hydrogen-bond acceptors (Lipinski definition) is 4. The first-order chi connectivity index (χ1) is 8.56. The maximum absolute atomic E-state index is 11.7. The van der Waals surface area contributed by atoms with Crippen molar-refractivity contribution in [2.75, 3.05) is 26.2 Å². The zero-order chi connectivity index (χ0) is 13.1. The lowest BCUT2D eigenvalue weighted by atomic mass is 10.2. The second-order valence-electron chi connectivity index (χ2n) is 4.91. The summed E-state index contributed by atoms with van der Waals surface area (Å²) in [7, 11) is 1.92. The highest BCUT2D eigenvalue weighted by molar-refractivity contribution is 5.81. The number of piperazine rings is 1. The van der Waals surface area contributed by atoms with Gasteiger partial charge in [-0.3, -0.25) is 14.4 Å². The van der Waals surface area contributed by atoms with E-state index in [9.17, 15) is 4.79 Å². The second-order valence-corrected chi connectivity index (χ2v) is 4.91. The molecule has 0 unspecified atom stereocenters. The fourth-order valence-corrected chi connectivity index (χ4v) is 2.23. The van der Waals surface area contributed by atoms with E-state index in [1.165, 1.54) is 5.56 Å². The molecule has 1 aliphatic rings. The van der Waals surface area contributed by atoms with Gasteiger partial charge in [0.1, 0.15) is 0 Å². The molecule has 1 aliphatic heterocycles. The van der Waals surface area contributed by atoms with Crippen LogP contribution in [0, 0.1) is 0 Å². The molecule has 6 heteroatoms. The van der Waals surface area contributed by atoms with Crippen molar-refractivity contribution in [1.82, 2.24) is 19.6 Å². The predicted molar refractivity (Wildman–Crippen MR) is 68.7 cm³/mol. The molecule has 1 amide bonds. The van der Waals surface area contributed by atoms with Gasteiger partial charge in [-0.15, -0.1) is 0 Å². The second kappa shape index (κ2) is 5.49. The zero-order valence-corrected chi connectivity index (χ0v) is 11.0. The normalized spacial score (nSPS) is 18.9.